The van der Waals surface area contributed by atoms with Crippen LogP contribution in [-0.4, -0.2) is 44.5 Å². The molecule has 0 aliphatic heterocycles. The first kappa shape index (κ1) is 17.9. The van der Waals surface area contributed by atoms with E-state index in [-0.39, 0.29) is 11.8 Å². The molecule has 120 valence electrons. The van der Waals surface area contributed by atoms with Gasteiger partial charge >= 0.3 is 0 Å². The Morgan fingerprint density at radius 2 is 2.10 bits per heavy atom. The summed E-state index contributed by atoms with van der Waals surface area (Å²) >= 11 is 1.66. The molecule has 0 amide bonds. The first-order valence-corrected chi connectivity index (χ1v) is 9.66. The van der Waals surface area contributed by atoms with Crippen LogP contribution in [-0.2, 0) is 16.4 Å². The number of hydrogen-bond donors (Lipinski definition) is 2. The monoisotopic (exact) mass is 332 g/mol. The highest BCUT2D eigenvalue weighted by molar-refractivity contribution is 7.90. The number of nitrogens with one attached hydrogen (secondary N) is 2. The van der Waals surface area contributed by atoms with Gasteiger partial charge in [-0.3, -0.25) is 4.99 Å². The van der Waals surface area contributed by atoms with Crippen LogP contribution in [0.3, 0.4) is 0 Å². The molecule has 0 saturated carbocycles. The third kappa shape index (κ3) is 6.90. The molecule has 0 saturated heterocycles. The number of aliphatic imine (C=N–C) groups is 1. The Labute approximate surface area is 131 Å². The van der Waals surface area contributed by atoms with Crippen LogP contribution in [0.25, 0.3) is 0 Å². The van der Waals surface area contributed by atoms with Gasteiger partial charge in [-0.15, -0.1) is 11.3 Å². The molecular formula is C13H24N4O2S2. The number of aromatic nitrogens is 1. The van der Waals surface area contributed by atoms with Crippen molar-refractivity contribution in [2.45, 2.75) is 39.8 Å². The Balaban J connectivity index is 2.45. The fraction of sp³-hybridized carbons (Fsp3) is 0.692. The second kappa shape index (κ2) is 7.74. The van der Waals surface area contributed by atoms with E-state index in [0.29, 0.717) is 18.9 Å². The summed E-state index contributed by atoms with van der Waals surface area (Å²) in [6.45, 7) is 6.60. The van der Waals surface area contributed by atoms with E-state index in [2.05, 4.69) is 27.5 Å². The van der Waals surface area contributed by atoms with Crippen LogP contribution in [0.5, 0.6) is 0 Å². The Bertz CT molecular complexity index is 574. The molecule has 1 aromatic rings. The van der Waals surface area contributed by atoms with Crippen molar-refractivity contribution in [2.75, 3.05) is 19.1 Å². The summed E-state index contributed by atoms with van der Waals surface area (Å²) in [6.07, 6.45) is 1.80. The summed E-state index contributed by atoms with van der Waals surface area (Å²) in [6, 6.07) is 0.0330. The van der Waals surface area contributed by atoms with Crippen molar-refractivity contribution < 1.29 is 8.42 Å². The molecule has 1 aromatic heterocycles. The van der Waals surface area contributed by atoms with Crippen molar-refractivity contribution >= 4 is 27.1 Å². The van der Waals surface area contributed by atoms with E-state index < -0.39 is 9.84 Å². The smallest absolute Gasteiger partial charge is 0.191 e. The Morgan fingerprint density at radius 3 is 2.57 bits per heavy atom. The Morgan fingerprint density at radius 1 is 1.43 bits per heavy atom. The third-order valence-corrected chi connectivity index (χ3v) is 5.06. The predicted molar refractivity (Wildman–Crippen MR) is 88.7 cm³/mol. The number of rotatable bonds is 6. The van der Waals surface area contributed by atoms with E-state index >= 15 is 0 Å². The molecule has 8 heteroatoms. The summed E-state index contributed by atoms with van der Waals surface area (Å²) < 4.78 is 22.3. The SMILES string of the molecule is CN=C(NCc1nc(C)c(C)s1)NC(C)CCS(C)(=O)=O. The van der Waals surface area contributed by atoms with Gasteiger partial charge in [-0.25, -0.2) is 13.4 Å². The second-order valence-electron chi connectivity index (χ2n) is 5.14. The average Bonchev–Trinajstić information content (AvgIpc) is 2.70. The number of nitrogens with zero attached hydrogens (tertiary/aromatic N) is 2. The van der Waals surface area contributed by atoms with Crippen LogP contribution >= 0.6 is 11.3 Å². The molecule has 1 rings (SSSR count). The van der Waals surface area contributed by atoms with Crippen molar-refractivity contribution in [3.05, 3.63) is 15.6 Å². The minimum Gasteiger partial charge on any atom is -0.354 e. The summed E-state index contributed by atoms with van der Waals surface area (Å²) in [5, 5.41) is 7.38. The zero-order valence-electron chi connectivity index (χ0n) is 13.2. The minimum atomic E-state index is -2.93. The molecule has 0 fully saturated rings. The molecule has 0 aliphatic rings. The quantitative estimate of drug-likeness (QED) is 0.605. The molecule has 21 heavy (non-hydrogen) atoms. The zero-order valence-corrected chi connectivity index (χ0v) is 14.9. The highest BCUT2D eigenvalue weighted by atomic mass is 32.2. The summed E-state index contributed by atoms with van der Waals surface area (Å²) in [7, 11) is -1.24. The second-order valence-corrected chi connectivity index (χ2v) is 8.69. The first-order valence-electron chi connectivity index (χ1n) is 6.79. The van der Waals surface area contributed by atoms with E-state index in [0.717, 1.165) is 10.7 Å². The molecule has 1 unspecified atom stereocenters. The van der Waals surface area contributed by atoms with Gasteiger partial charge in [-0.05, 0) is 27.2 Å². The van der Waals surface area contributed by atoms with Crippen LogP contribution < -0.4 is 10.6 Å². The number of aryl methyl sites for hydroxylation is 2. The average molecular weight is 332 g/mol. The van der Waals surface area contributed by atoms with Crippen molar-refractivity contribution in [1.29, 1.82) is 0 Å². The lowest BCUT2D eigenvalue weighted by Crippen LogP contribution is -2.42. The number of thiazole rings is 1. The van der Waals surface area contributed by atoms with Gasteiger partial charge < -0.3 is 10.6 Å². The number of sulfone groups is 1. The minimum absolute atomic E-state index is 0.0330. The lowest BCUT2D eigenvalue weighted by atomic mass is 10.3. The van der Waals surface area contributed by atoms with Crippen LogP contribution in [0.2, 0.25) is 0 Å². The standard InChI is InChI=1S/C13H24N4O2S2/c1-9(6-7-21(5,18)19)16-13(14-4)15-8-12-17-10(2)11(3)20-12/h9H,6-8H2,1-5H3,(H2,14,15,16). The van der Waals surface area contributed by atoms with E-state index in [1.54, 1.807) is 18.4 Å². The van der Waals surface area contributed by atoms with Crippen LogP contribution in [0, 0.1) is 13.8 Å². The third-order valence-electron chi connectivity index (χ3n) is 3.01. The highest BCUT2D eigenvalue weighted by Crippen LogP contribution is 2.15. The van der Waals surface area contributed by atoms with E-state index in [4.69, 9.17) is 0 Å². The highest BCUT2D eigenvalue weighted by Gasteiger charge is 2.10. The fourth-order valence-electron chi connectivity index (χ4n) is 1.67. The maximum Gasteiger partial charge on any atom is 0.191 e. The maximum atomic E-state index is 11.2. The molecule has 6 nitrogen and oxygen atoms in total. The maximum absolute atomic E-state index is 11.2. The van der Waals surface area contributed by atoms with Crippen LogP contribution in [0.15, 0.2) is 4.99 Å². The molecule has 0 radical (unpaired) electrons. The lowest BCUT2D eigenvalue weighted by Gasteiger charge is -2.17. The summed E-state index contributed by atoms with van der Waals surface area (Å²) in [4.78, 5) is 9.82. The molecule has 1 atom stereocenters. The number of hydrogen-bond acceptors (Lipinski definition) is 5. The normalized spacial score (nSPS) is 14.0. The molecule has 0 bridgehead atoms. The van der Waals surface area contributed by atoms with Gasteiger partial charge in [0.2, 0.25) is 0 Å². The lowest BCUT2D eigenvalue weighted by molar-refractivity contribution is 0.581. The molecule has 1 heterocycles. The first-order chi connectivity index (χ1) is 9.71. The van der Waals surface area contributed by atoms with Crippen LogP contribution in [0.4, 0.5) is 0 Å². The van der Waals surface area contributed by atoms with Crippen molar-refractivity contribution in [3.8, 4) is 0 Å². The Hall–Kier alpha value is -1.15. The van der Waals surface area contributed by atoms with E-state index in [9.17, 15) is 8.42 Å². The van der Waals surface area contributed by atoms with Gasteiger partial charge in [0.25, 0.3) is 0 Å². The number of guanidine groups is 1. The van der Waals surface area contributed by atoms with Gasteiger partial charge in [0.15, 0.2) is 5.96 Å². The van der Waals surface area contributed by atoms with Gasteiger partial charge in [0.05, 0.1) is 18.0 Å². The molecule has 0 spiro atoms. The van der Waals surface area contributed by atoms with Crippen molar-refractivity contribution in [3.63, 3.8) is 0 Å². The van der Waals surface area contributed by atoms with Crippen LogP contribution in [0.1, 0.15) is 28.9 Å². The summed E-state index contributed by atoms with van der Waals surface area (Å²) in [5.41, 5.74) is 1.06. The molecule has 0 aliphatic carbocycles. The molecule has 0 aromatic carbocycles. The molecule has 2 N–H and O–H groups in total. The fourth-order valence-corrected chi connectivity index (χ4v) is 3.32. The van der Waals surface area contributed by atoms with E-state index in [1.165, 1.54) is 11.1 Å². The van der Waals surface area contributed by atoms with Gasteiger partial charge in [-0.2, -0.15) is 0 Å². The van der Waals surface area contributed by atoms with E-state index in [1.807, 2.05) is 13.8 Å². The van der Waals surface area contributed by atoms with Crippen molar-refractivity contribution in [2.24, 2.45) is 4.99 Å². The van der Waals surface area contributed by atoms with Gasteiger partial charge in [0, 0.05) is 24.2 Å². The zero-order chi connectivity index (χ0) is 16.0. The van der Waals surface area contributed by atoms with Crippen molar-refractivity contribution in [1.82, 2.24) is 15.6 Å². The molecular weight excluding hydrogens is 308 g/mol. The Kier molecular flexibility index (Phi) is 6.60. The van der Waals surface area contributed by atoms with Gasteiger partial charge in [0.1, 0.15) is 14.8 Å². The van der Waals surface area contributed by atoms with Gasteiger partial charge in [-0.1, -0.05) is 0 Å². The topological polar surface area (TPSA) is 83.4 Å². The summed E-state index contributed by atoms with van der Waals surface area (Å²) in [5.74, 6) is 0.824. The largest absolute Gasteiger partial charge is 0.354 e. The predicted octanol–water partition coefficient (Wildman–Crippen LogP) is 1.25.